The second kappa shape index (κ2) is 4.76. The first-order chi connectivity index (χ1) is 9.11. The van der Waals surface area contributed by atoms with Crippen molar-refractivity contribution in [1.82, 2.24) is 0 Å². The predicted molar refractivity (Wildman–Crippen MR) is 70.7 cm³/mol. The highest BCUT2D eigenvalue weighted by atomic mass is 32.2. The van der Waals surface area contributed by atoms with E-state index >= 15 is 0 Å². The normalized spacial score (nSPS) is 21.1. The van der Waals surface area contributed by atoms with E-state index in [1.807, 2.05) is 0 Å². The number of carboxylic acid groups (broad SMARTS) is 1. The Morgan fingerprint density at radius 1 is 1.50 bits per heavy atom. The Morgan fingerprint density at radius 3 is 2.70 bits per heavy atom. The van der Waals surface area contributed by atoms with Gasteiger partial charge in [-0.3, -0.25) is 4.79 Å². The zero-order chi connectivity index (χ0) is 15.1. The van der Waals surface area contributed by atoms with Crippen LogP contribution in [0.1, 0.15) is 17.5 Å². The van der Waals surface area contributed by atoms with Crippen LogP contribution in [0.5, 0.6) is 5.75 Å². The van der Waals surface area contributed by atoms with Crippen molar-refractivity contribution < 1.29 is 32.3 Å². The number of carbonyl (C=O) groups is 1. The number of aliphatic hydroxyl groups is 1. The van der Waals surface area contributed by atoms with Crippen molar-refractivity contribution in [2.75, 3.05) is 6.26 Å². The van der Waals surface area contributed by atoms with Crippen LogP contribution in [0.25, 0.3) is 0 Å². The molecular formula is C11H13BO7S. The summed E-state index contributed by atoms with van der Waals surface area (Å²) in [4.78, 5) is 10.8. The molecule has 1 aromatic rings. The average Bonchev–Trinajstić information content (AvgIpc) is 2.52. The maximum absolute atomic E-state index is 11.1. The van der Waals surface area contributed by atoms with E-state index in [0.717, 1.165) is 6.26 Å². The molecule has 20 heavy (non-hydrogen) atoms. The van der Waals surface area contributed by atoms with Crippen molar-refractivity contribution in [3.63, 3.8) is 0 Å². The maximum atomic E-state index is 11.1. The summed E-state index contributed by atoms with van der Waals surface area (Å²) in [6.07, 6.45) is 0.333. The molecule has 1 aromatic carbocycles. The van der Waals surface area contributed by atoms with Gasteiger partial charge in [-0.25, -0.2) is 0 Å². The van der Waals surface area contributed by atoms with Crippen LogP contribution >= 0.6 is 0 Å². The lowest BCUT2D eigenvalue weighted by Gasteiger charge is -2.24. The van der Waals surface area contributed by atoms with E-state index in [1.165, 1.54) is 12.1 Å². The highest BCUT2D eigenvalue weighted by Crippen LogP contribution is 2.33. The quantitative estimate of drug-likeness (QED) is 0.540. The summed E-state index contributed by atoms with van der Waals surface area (Å²) >= 11 is 0. The summed E-state index contributed by atoms with van der Waals surface area (Å²) in [5.74, 6) is -2.99. The Bertz CT molecular complexity index is 670. The molecule has 0 fully saturated rings. The third-order valence-electron chi connectivity index (χ3n) is 2.89. The second-order valence-corrected chi connectivity index (χ2v) is 6.28. The molecule has 0 aromatic heterocycles. The van der Waals surface area contributed by atoms with Crippen LogP contribution in [-0.4, -0.2) is 38.3 Å². The zero-order valence-electron chi connectivity index (χ0n) is 10.9. The van der Waals surface area contributed by atoms with Crippen LogP contribution in [0, 0.1) is 6.92 Å². The van der Waals surface area contributed by atoms with Crippen molar-refractivity contribution >= 4 is 29.0 Å². The fourth-order valence-corrected chi connectivity index (χ4v) is 2.78. The van der Waals surface area contributed by atoms with E-state index in [0.29, 0.717) is 16.6 Å². The third-order valence-corrected chi connectivity index (χ3v) is 3.38. The van der Waals surface area contributed by atoms with Gasteiger partial charge in [-0.05, 0) is 30.1 Å². The molecule has 108 valence electrons. The molecule has 1 heterocycles. The first kappa shape index (κ1) is 14.8. The highest BCUT2D eigenvalue weighted by Gasteiger charge is 2.42. The molecular weight excluding hydrogens is 287 g/mol. The summed E-state index contributed by atoms with van der Waals surface area (Å²) in [7, 11) is -3.67. The number of hydrogen-bond donors (Lipinski definition) is 2. The third kappa shape index (κ3) is 2.95. The van der Waals surface area contributed by atoms with Gasteiger partial charge in [0.05, 0.1) is 6.26 Å². The smallest absolute Gasteiger partial charge is 0.313 e. The van der Waals surface area contributed by atoms with Crippen LogP contribution in [0.3, 0.4) is 0 Å². The van der Waals surface area contributed by atoms with Crippen LogP contribution in [0.4, 0.5) is 0 Å². The molecule has 0 bridgehead atoms. The van der Waals surface area contributed by atoms with E-state index in [-0.39, 0.29) is 13.2 Å². The summed E-state index contributed by atoms with van der Waals surface area (Å²) < 4.78 is 32.1. The lowest BCUT2D eigenvalue weighted by atomic mass is 9.83. The predicted octanol–water partition coefficient (Wildman–Crippen LogP) is -1.04. The van der Waals surface area contributed by atoms with Crippen molar-refractivity contribution in [1.29, 1.82) is 0 Å². The van der Waals surface area contributed by atoms with E-state index in [2.05, 4.69) is 0 Å². The van der Waals surface area contributed by atoms with Gasteiger partial charge in [0.2, 0.25) is 0 Å². The first-order valence-corrected chi connectivity index (χ1v) is 7.54. The topological polar surface area (TPSA) is 110 Å². The fourth-order valence-electron chi connectivity index (χ4n) is 2.33. The van der Waals surface area contributed by atoms with Gasteiger partial charge >= 0.3 is 23.6 Å². The average molecular weight is 300 g/mol. The highest BCUT2D eigenvalue weighted by molar-refractivity contribution is 7.86. The monoisotopic (exact) mass is 300 g/mol. The minimum Gasteiger partial charge on any atom is -0.481 e. The molecule has 1 atom stereocenters. The second-order valence-electron chi connectivity index (χ2n) is 4.71. The maximum Gasteiger partial charge on any atom is 0.313 e. The number of rotatable bonds is 4. The van der Waals surface area contributed by atoms with Gasteiger partial charge in [0.15, 0.2) is 5.79 Å². The van der Waals surface area contributed by atoms with Crippen LogP contribution in [-0.2, 0) is 25.4 Å². The first-order valence-electron chi connectivity index (χ1n) is 5.72. The van der Waals surface area contributed by atoms with E-state index < -0.39 is 28.3 Å². The van der Waals surface area contributed by atoms with Crippen LogP contribution in [0.2, 0.25) is 0 Å². The van der Waals surface area contributed by atoms with E-state index in [1.54, 1.807) is 6.92 Å². The van der Waals surface area contributed by atoms with E-state index in [4.69, 9.17) is 13.9 Å². The summed E-state index contributed by atoms with van der Waals surface area (Å²) in [6, 6.07) is 2.84. The van der Waals surface area contributed by atoms with Crippen LogP contribution in [0.15, 0.2) is 12.1 Å². The molecule has 0 spiro atoms. The van der Waals surface area contributed by atoms with Crippen molar-refractivity contribution in [2.45, 2.75) is 19.1 Å². The minimum atomic E-state index is -3.66. The molecule has 1 aliphatic heterocycles. The molecule has 0 radical (unpaired) electrons. The molecule has 0 aliphatic carbocycles. The van der Waals surface area contributed by atoms with Gasteiger partial charge in [0.25, 0.3) is 0 Å². The lowest BCUT2D eigenvalue weighted by molar-refractivity contribution is -0.170. The summed E-state index contributed by atoms with van der Waals surface area (Å²) in [5, 5.41) is 19.1. The molecule has 1 unspecified atom stereocenters. The number of aliphatic carboxylic acids is 1. The number of fused-ring (bicyclic) bond motifs is 1. The number of aryl methyl sites for hydroxylation is 1. The van der Waals surface area contributed by atoms with Crippen molar-refractivity contribution in [3.05, 3.63) is 23.3 Å². The van der Waals surface area contributed by atoms with Gasteiger partial charge in [-0.2, -0.15) is 8.42 Å². The van der Waals surface area contributed by atoms with Gasteiger partial charge in [0, 0.05) is 5.56 Å². The molecule has 1 aliphatic rings. The molecule has 0 saturated heterocycles. The summed E-state index contributed by atoms with van der Waals surface area (Å²) in [5.41, 5.74) is 1.36. The number of carboxylic acids is 1. The fraction of sp³-hybridized carbons (Fsp3) is 0.364. The molecule has 0 saturated carbocycles. The van der Waals surface area contributed by atoms with Gasteiger partial charge in [-0.1, -0.05) is 0 Å². The Kier molecular flexibility index (Phi) is 3.53. The van der Waals surface area contributed by atoms with Crippen molar-refractivity contribution in [3.8, 4) is 5.75 Å². The lowest BCUT2D eigenvalue weighted by Crippen LogP contribution is -2.30. The van der Waals surface area contributed by atoms with Crippen LogP contribution < -0.4 is 9.65 Å². The Labute approximate surface area is 116 Å². The van der Waals surface area contributed by atoms with E-state index in [9.17, 15) is 18.3 Å². The largest absolute Gasteiger partial charge is 0.481 e. The zero-order valence-corrected chi connectivity index (χ0v) is 11.7. The molecule has 9 heteroatoms. The Balaban J connectivity index is 2.44. The van der Waals surface area contributed by atoms with Gasteiger partial charge in [0.1, 0.15) is 12.2 Å². The SMILES string of the molecule is Cc1cc(OS(C)(=O)=O)cc2c1C(O)(CC(=O)O)OB2. The molecule has 0 amide bonds. The van der Waals surface area contributed by atoms with Crippen molar-refractivity contribution in [2.24, 2.45) is 0 Å². The Hall–Kier alpha value is -1.58. The standard InChI is InChI=1S/C11H13BO7S/c1-6-3-7(18-20(2,16)17)4-8-10(6)11(15,19-12-8)5-9(13)14/h3-4,12,15H,5H2,1-2H3,(H,13,14). The molecule has 2 rings (SSSR count). The van der Waals surface area contributed by atoms with Gasteiger partial charge in [-0.15, -0.1) is 0 Å². The minimum absolute atomic E-state index is 0.0130. The molecule has 2 N–H and O–H groups in total. The number of hydrogen-bond acceptors (Lipinski definition) is 6. The Morgan fingerprint density at radius 2 is 2.15 bits per heavy atom. The number of benzene rings is 1. The molecule has 7 nitrogen and oxygen atoms in total. The summed E-state index contributed by atoms with van der Waals surface area (Å²) in [6.45, 7) is 1.62. The van der Waals surface area contributed by atoms with Gasteiger partial charge < -0.3 is 19.1 Å².